The highest BCUT2D eigenvalue weighted by Gasteiger charge is 2.34. The van der Waals surface area contributed by atoms with Crippen LogP contribution in [-0.4, -0.2) is 37.2 Å². The predicted molar refractivity (Wildman–Crippen MR) is 116 cm³/mol. The van der Waals surface area contributed by atoms with Crippen molar-refractivity contribution < 1.29 is 13.9 Å². The molecule has 0 radical (unpaired) electrons. The molecule has 6 heteroatoms. The van der Waals surface area contributed by atoms with Crippen LogP contribution < -0.4 is 10.2 Å². The van der Waals surface area contributed by atoms with Crippen LogP contribution in [0.5, 0.6) is 0 Å². The molecule has 5 rings (SSSR count). The summed E-state index contributed by atoms with van der Waals surface area (Å²) in [6.07, 6.45) is 2.08. The number of ether oxygens (including phenoxy) is 1. The summed E-state index contributed by atoms with van der Waals surface area (Å²) in [4.78, 5) is 20.0. The number of carbonyl (C=O) groups excluding carboxylic acids is 1. The average molecular weight is 403 g/mol. The number of nitrogens with zero attached hydrogens (tertiary/aromatic N) is 2. The second kappa shape index (κ2) is 7.95. The molecule has 1 saturated carbocycles. The topological polar surface area (TPSA) is 67.6 Å². The number of oxazole rings is 1. The van der Waals surface area contributed by atoms with Crippen molar-refractivity contribution in [2.45, 2.75) is 25.7 Å². The second-order valence-corrected chi connectivity index (χ2v) is 7.92. The summed E-state index contributed by atoms with van der Waals surface area (Å²) in [6.45, 7) is 5.28. The Kier molecular flexibility index (Phi) is 5.01. The van der Waals surface area contributed by atoms with Gasteiger partial charge in [0.15, 0.2) is 5.69 Å². The molecule has 0 unspecified atom stereocenters. The van der Waals surface area contributed by atoms with Crippen LogP contribution in [-0.2, 0) is 4.74 Å². The Balaban J connectivity index is 1.38. The summed E-state index contributed by atoms with van der Waals surface area (Å²) < 4.78 is 11.5. The number of anilines is 2. The Morgan fingerprint density at radius 2 is 1.87 bits per heavy atom. The van der Waals surface area contributed by atoms with E-state index < -0.39 is 0 Å². The number of hydrogen-bond donors (Lipinski definition) is 1. The van der Waals surface area contributed by atoms with E-state index in [1.165, 1.54) is 0 Å². The molecule has 0 atom stereocenters. The Hall–Kier alpha value is -3.12. The lowest BCUT2D eigenvalue weighted by Gasteiger charge is -2.29. The minimum Gasteiger partial charge on any atom is -0.440 e. The van der Waals surface area contributed by atoms with Gasteiger partial charge in [0.2, 0.25) is 5.89 Å². The lowest BCUT2D eigenvalue weighted by molar-refractivity contribution is 0.102. The number of nitrogens with one attached hydrogen (secondary N) is 1. The van der Waals surface area contributed by atoms with E-state index in [0.717, 1.165) is 61.6 Å². The maximum atomic E-state index is 13.1. The fourth-order valence-corrected chi connectivity index (χ4v) is 3.81. The van der Waals surface area contributed by atoms with E-state index in [1.807, 2.05) is 49.4 Å². The second-order valence-electron chi connectivity index (χ2n) is 7.92. The van der Waals surface area contributed by atoms with Crippen LogP contribution in [0, 0.1) is 6.92 Å². The highest BCUT2D eigenvalue weighted by atomic mass is 16.5. The zero-order chi connectivity index (χ0) is 20.5. The van der Waals surface area contributed by atoms with Crippen molar-refractivity contribution in [3.8, 4) is 11.5 Å². The molecule has 30 heavy (non-hydrogen) atoms. The maximum Gasteiger partial charge on any atom is 0.277 e. The van der Waals surface area contributed by atoms with Gasteiger partial charge in [-0.1, -0.05) is 18.2 Å². The van der Waals surface area contributed by atoms with E-state index in [1.54, 1.807) is 0 Å². The Bertz CT molecular complexity index is 1050. The van der Waals surface area contributed by atoms with Crippen molar-refractivity contribution in [2.75, 3.05) is 36.5 Å². The van der Waals surface area contributed by atoms with Crippen LogP contribution >= 0.6 is 0 Å². The lowest BCUT2D eigenvalue weighted by Crippen LogP contribution is -2.36. The first kappa shape index (κ1) is 18.9. The van der Waals surface area contributed by atoms with Crippen LogP contribution in [0.15, 0.2) is 52.9 Å². The molecule has 1 aliphatic heterocycles. The molecule has 1 N–H and O–H groups in total. The van der Waals surface area contributed by atoms with Gasteiger partial charge in [0.25, 0.3) is 5.91 Å². The molecule has 2 heterocycles. The third-order valence-corrected chi connectivity index (χ3v) is 5.67. The van der Waals surface area contributed by atoms with Crippen LogP contribution in [0.1, 0.15) is 40.6 Å². The van der Waals surface area contributed by atoms with Gasteiger partial charge in [-0.25, -0.2) is 4.98 Å². The minimum atomic E-state index is -0.218. The number of benzene rings is 2. The van der Waals surface area contributed by atoms with Gasteiger partial charge in [0.05, 0.1) is 13.2 Å². The molecule has 1 amide bonds. The molecule has 2 aromatic carbocycles. The van der Waals surface area contributed by atoms with Crippen molar-refractivity contribution in [1.29, 1.82) is 0 Å². The minimum absolute atomic E-state index is 0.218. The molecule has 6 nitrogen and oxygen atoms in total. The van der Waals surface area contributed by atoms with Crippen LogP contribution in [0.25, 0.3) is 11.5 Å². The number of aromatic nitrogens is 1. The highest BCUT2D eigenvalue weighted by Crippen LogP contribution is 2.43. The van der Waals surface area contributed by atoms with Crippen molar-refractivity contribution >= 4 is 17.3 Å². The summed E-state index contributed by atoms with van der Waals surface area (Å²) >= 11 is 0. The van der Waals surface area contributed by atoms with E-state index in [-0.39, 0.29) is 5.91 Å². The number of amides is 1. The van der Waals surface area contributed by atoms with Gasteiger partial charge < -0.3 is 19.4 Å². The number of carbonyl (C=O) groups is 1. The van der Waals surface area contributed by atoms with Crippen LogP contribution in [0.2, 0.25) is 0 Å². The molecule has 1 aliphatic carbocycles. The first-order valence-corrected chi connectivity index (χ1v) is 10.5. The molecule has 1 saturated heterocycles. The fraction of sp³-hybridized carbons (Fsp3) is 0.333. The Labute approximate surface area is 175 Å². The predicted octanol–water partition coefficient (Wildman–Crippen LogP) is 4.62. The van der Waals surface area contributed by atoms with E-state index in [2.05, 4.69) is 21.3 Å². The van der Waals surface area contributed by atoms with Crippen LogP contribution in [0.3, 0.4) is 0 Å². The number of rotatable bonds is 5. The van der Waals surface area contributed by atoms with Gasteiger partial charge in [-0.2, -0.15) is 0 Å². The zero-order valence-corrected chi connectivity index (χ0v) is 17.1. The van der Waals surface area contributed by atoms with Gasteiger partial charge in [0, 0.05) is 35.9 Å². The third kappa shape index (κ3) is 3.83. The summed E-state index contributed by atoms with van der Waals surface area (Å²) in [7, 11) is 0. The molecule has 0 spiro atoms. The molecule has 2 fully saturated rings. The summed E-state index contributed by atoms with van der Waals surface area (Å²) in [5.74, 6) is 1.28. The number of morpholine rings is 1. The van der Waals surface area contributed by atoms with E-state index >= 15 is 0 Å². The fourth-order valence-electron chi connectivity index (χ4n) is 3.81. The summed E-state index contributed by atoms with van der Waals surface area (Å²) in [6, 6.07) is 15.8. The Morgan fingerprint density at radius 1 is 1.10 bits per heavy atom. The van der Waals surface area contributed by atoms with E-state index in [9.17, 15) is 4.79 Å². The molecular weight excluding hydrogens is 378 g/mol. The highest BCUT2D eigenvalue weighted by molar-refractivity contribution is 6.04. The molecule has 2 aliphatic rings. The van der Waals surface area contributed by atoms with E-state index in [0.29, 0.717) is 23.3 Å². The normalized spacial score (nSPS) is 16.5. The monoisotopic (exact) mass is 403 g/mol. The maximum absolute atomic E-state index is 13.1. The zero-order valence-electron chi connectivity index (χ0n) is 17.1. The van der Waals surface area contributed by atoms with Gasteiger partial charge in [-0.05, 0) is 55.7 Å². The lowest BCUT2D eigenvalue weighted by atomic mass is 10.1. The van der Waals surface area contributed by atoms with Gasteiger partial charge >= 0.3 is 0 Å². The van der Waals surface area contributed by atoms with E-state index in [4.69, 9.17) is 9.15 Å². The number of aryl methyl sites for hydroxylation is 1. The van der Waals surface area contributed by atoms with Crippen molar-refractivity contribution in [3.63, 3.8) is 0 Å². The third-order valence-electron chi connectivity index (χ3n) is 5.67. The molecule has 0 bridgehead atoms. The summed E-state index contributed by atoms with van der Waals surface area (Å²) in [5.41, 5.74) is 4.24. The molecule has 154 valence electrons. The quantitative estimate of drug-likeness (QED) is 0.673. The average Bonchev–Trinajstić information content (AvgIpc) is 3.54. The largest absolute Gasteiger partial charge is 0.440 e. The van der Waals surface area contributed by atoms with Gasteiger partial charge in [0.1, 0.15) is 5.76 Å². The van der Waals surface area contributed by atoms with Gasteiger partial charge in [-0.3, -0.25) is 4.79 Å². The standard InChI is InChI=1S/C24H25N3O3/c1-16-15-19(27-11-13-29-14-12-27)9-10-20(16)25-23(28)21-22(17-7-8-17)30-24(26-21)18-5-3-2-4-6-18/h2-6,9-10,15,17H,7-8,11-14H2,1H3,(H,25,28). The number of hydrogen-bond acceptors (Lipinski definition) is 5. The van der Waals surface area contributed by atoms with Crippen molar-refractivity contribution in [1.82, 2.24) is 4.98 Å². The molecule has 1 aromatic heterocycles. The SMILES string of the molecule is Cc1cc(N2CCOCC2)ccc1NC(=O)c1nc(-c2ccccc2)oc1C1CC1. The summed E-state index contributed by atoms with van der Waals surface area (Å²) in [5, 5.41) is 3.04. The van der Waals surface area contributed by atoms with Crippen molar-refractivity contribution in [2.24, 2.45) is 0 Å². The first-order valence-electron chi connectivity index (χ1n) is 10.5. The smallest absolute Gasteiger partial charge is 0.277 e. The Morgan fingerprint density at radius 3 is 2.57 bits per heavy atom. The molecular formula is C24H25N3O3. The van der Waals surface area contributed by atoms with Gasteiger partial charge in [-0.15, -0.1) is 0 Å². The van der Waals surface area contributed by atoms with Crippen LogP contribution in [0.4, 0.5) is 11.4 Å². The first-order chi connectivity index (χ1) is 14.7. The van der Waals surface area contributed by atoms with Crippen molar-refractivity contribution in [3.05, 3.63) is 65.5 Å². The molecule has 3 aromatic rings.